The van der Waals surface area contributed by atoms with Gasteiger partial charge in [-0.15, -0.1) is 11.6 Å². The highest BCUT2D eigenvalue weighted by atomic mass is 35.5. The van der Waals surface area contributed by atoms with E-state index in [0.717, 1.165) is 35.2 Å². The molecule has 3 unspecified atom stereocenters. The number of likely N-dealkylation sites (tertiary alicyclic amines) is 2. The van der Waals surface area contributed by atoms with Crippen molar-refractivity contribution in [1.82, 2.24) is 9.80 Å². The molecule has 4 atom stereocenters. The number of allylic oxidation sites excluding steroid dienone is 4. The maximum atomic E-state index is 13.2. The number of anilines is 2. The number of nitrogens with zero attached hydrogens (tertiary/aromatic N) is 4. The van der Waals surface area contributed by atoms with Crippen LogP contribution in [0.15, 0.2) is 78.9 Å². The summed E-state index contributed by atoms with van der Waals surface area (Å²) in [6, 6.07) is 19.3. The van der Waals surface area contributed by atoms with Crippen molar-refractivity contribution in [2.75, 3.05) is 75.4 Å². The molecule has 3 aromatic rings. The quantitative estimate of drug-likeness (QED) is 0.280. The number of amides is 2. The van der Waals surface area contributed by atoms with Gasteiger partial charge in [0.1, 0.15) is 11.5 Å². The molecule has 4 heterocycles. The van der Waals surface area contributed by atoms with Gasteiger partial charge in [0.25, 0.3) is 11.8 Å². The van der Waals surface area contributed by atoms with E-state index in [2.05, 4.69) is 15.9 Å². The molecule has 4 aliphatic heterocycles. The number of alkyl halides is 1. The number of hydrogen-bond acceptors (Lipinski definition) is 8. The van der Waals surface area contributed by atoms with Crippen molar-refractivity contribution in [2.45, 2.75) is 29.7 Å². The van der Waals surface area contributed by atoms with E-state index in [4.69, 9.17) is 32.7 Å². The van der Waals surface area contributed by atoms with Crippen LogP contribution in [0, 0.1) is 5.92 Å². The highest BCUT2D eigenvalue weighted by Gasteiger charge is 2.45. The second-order valence-corrected chi connectivity index (χ2v) is 15.4. The van der Waals surface area contributed by atoms with E-state index in [0.29, 0.717) is 80.1 Å². The van der Waals surface area contributed by atoms with E-state index < -0.39 is 22.7 Å². The normalized spacial score (nSPS) is 25.6. The third kappa shape index (κ3) is 6.77. The van der Waals surface area contributed by atoms with Crippen LogP contribution in [0.4, 0.5) is 11.4 Å². The van der Waals surface area contributed by atoms with Gasteiger partial charge in [-0.2, -0.15) is 0 Å². The summed E-state index contributed by atoms with van der Waals surface area (Å²) in [5.74, 6) is -0.363. The van der Waals surface area contributed by atoms with Crippen LogP contribution >= 0.6 is 23.2 Å². The van der Waals surface area contributed by atoms with Crippen molar-refractivity contribution < 1.29 is 34.1 Å². The Labute approximate surface area is 323 Å². The summed E-state index contributed by atoms with van der Waals surface area (Å²) < 4.78 is 12.2. The molecule has 3 aromatic carbocycles. The fraction of sp³-hybridized carbons (Fsp3) is 0.390. The molecule has 2 N–H and O–H groups in total. The molecule has 0 spiro atoms. The summed E-state index contributed by atoms with van der Waals surface area (Å²) in [5.41, 5.74) is 3.64. The standard InChI is InChI=1S/C41H42Cl2N4O7/c42-32-6-2-1-4-30(32)31-5-3-13-41(39(31)43,28-8-10-34-36(21-28)54-25-38(50)47(34)19-17-45-15-12-29(48)23-45)27-7-9-33-35(20-27)53-24-37(49)46(33)18-16-44-14-11-26(22-44)40(51)52/h1-10,13,20-21,26,29,39,48H,11-12,14-19,22-25H2,(H,51,52)/t26?,29-,39?,41?/m0/s1. The van der Waals surface area contributed by atoms with Crippen molar-refractivity contribution in [3.63, 3.8) is 0 Å². The Morgan fingerprint density at radius 2 is 1.41 bits per heavy atom. The Kier molecular flexibility index (Phi) is 10.2. The number of carboxylic acids is 1. The zero-order chi connectivity index (χ0) is 37.6. The molecular weight excluding hydrogens is 731 g/mol. The van der Waals surface area contributed by atoms with E-state index in [1.807, 2.05) is 72.8 Å². The van der Waals surface area contributed by atoms with Crippen molar-refractivity contribution in [3.05, 3.63) is 101 Å². The Balaban J connectivity index is 1.15. The number of carbonyl (C=O) groups is 3. The van der Waals surface area contributed by atoms with Gasteiger partial charge in [0.2, 0.25) is 0 Å². The Morgan fingerprint density at radius 3 is 1.96 bits per heavy atom. The first kappa shape index (κ1) is 36.6. The zero-order valence-corrected chi connectivity index (χ0v) is 31.2. The molecule has 0 bridgehead atoms. The number of β-amino-alcohol motifs (C(OH)–C–C–N with tert-alkyl or cyclic N) is 1. The van der Waals surface area contributed by atoms with Gasteiger partial charge in [0, 0.05) is 50.8 Å². The van der Waals surface area contributed by atoms with Crippen LogP contribution in [-0.4, -0.2) is 115 Å². The lowest BCUT2D eigenvalue weighted by molar-refractivity contribution is -0.141. The monoisotopic (exact) mass is 772 g/mol. The molecule has 5 aliphatic rings. The molecule has 2 saturated heterocycles. The van der Waals surface area contributed by atoms with Crippen molar-refractivity contribution in [1.29, 1.82) is 0 Å². The van der Waals surface area contributed by atoms with Crippen LogP contribution in [-0.2, 0) is 19.8 Å². The van der Waals surface area contributed by atoms with Gasteiger partial charge in [-0.1, -0.05) is 60.2 Å². The first-order valence-electron chi connectivity index (χ1n) is 18.4. The molecule has 54 heavy (non-hydrogen) atoms. The molecule has 2 fully saturated rings. The second-order valence-electron chi connectivity index (χ2n) is 14.6. The smallest absolute Gasteiger partial charge is 0.307 e. The number of hydrogen-bond donors (Lipinski definition) is 2. The number of aliphatic carboxylic acids is 1. The fourth-order valence-corrected chi connectivity index (χ4v) is 9.20. The predicted molar refractivity (Wildman–Crippen MR) is 207 cm³/mol. The van der Waals surface area contributed by atoms with E-state index in [1.54, 1.807) is 9.80 Å². The SMILES string of the molecule is O=C(O)C1CCN(CCN2C(=O)COc3cc(C4(c5ccc6c(c5)OCC(=O)N6CCN5CC[C@H](O)C5)C=CC=C(c5ccccc5Cl)C4Cl)ccc32)C1. The van der Waals surface area contributed by atoms with Gasteiger partial charge in [-0.05, 0) is 72.0 Å². The van der Waals surface area contributed by atoms with Crippen molar-refractivity contribution >= 4 is 57.9 Å². The Bertz CT molecular complexity index is 2040. The number of aliphatic hydroxyl groups excluding tert-OH is 1. The highest BCUT2D eigenvalue weighted by Crippen LogP contribution is 2.51. The van der Waals surface area contributed by atoms with Gasteiger partial charge >= 0.3 is 5.97 Å². The zero-order valence-electron chi connectivity index (χ0n) is 29.7. The topological polar surface area (TPSA) is 123 Å². The number of carbonyl (C=O) groups excluding carboxylic acids is 2. The van der Waals surface area contributed by atoms with Gasteiger partial charge in [0.15, 0.2) is 13.2 Å². The summed E-state index contributed by atoms with van der Waals surface area (Å²) in [7, 11) is 0. The number of rotatable bonds is 10. The Morgan fingerprint density at radius 1 is 0.815 bits per heavy atom. The van der Waals surface area contributed by atoms with Crippen LogP contribution in [0.3, 0.4) is 0 Å². The van der Waals surface area contributed by atoms with Crippen LogP contribution < -0.4 is 19.3 Å². The van der Waals surface area contributed by atoms with Crippen molar-refractivity contribution in [2.24, 2.45) is 5.92 Å². The third-order valence-electron chi connectivity index (χ3n) is 11.4. The molecule has 13 heteroatoms. The Hall–Kier alpha value is -4.39. The second kappa shape index (κ2) is 15.0. The molecule has 8 rings (SSSR count). The minimum atomic E-state index is -0.965. The number of halogens is 2. The van der Waals surface area contributed by atoms with E-state index in [-0.39, 0.29) is 31.1 Å². The summed E-state index contributed by atoms with van der Waals surface area (Å²) in [5, 5.41) is 19.4. The summed E-state index contributed by atoms with van der Waals surface area (Å²) in [4.78, 5) is 45.6. The van der Waals surface area contributed by atoms with Gasteiger partial charge in [-0.25, -0.2) is 0 Å². The lowest BCUT2D eigenvalue weighted by atomic mass is 9.67. The van der Waals surface area contributed by atoms with Crippen LogP contribution in [0.5, 0.6) is 11.5 Å². The van der Waals surface area contributed by atoms with Crippen LogP contribution in [0.25, 0.3) is 5.57 Å². The molecule has 282 valence electrons. The van der Waals surface area contributed by atoms with Gasteiger partial charge in [0.05, 0.1) is 34.2 Å². The van der Waals surface area contributed by atoms with E-state index in [9.17, 15) is 24.6 Å². The molecule has 11 nitrogen and oxygen atoms in total. The van der Waals surface area contributed by atoms with E-state index in [1.165, 1.54) is 0 Å². The average molecular weight is 774 g/mol. The van der Waals surface area contributed by atoms with Crippen LogP contribution in [0.1, 0.15) is 29.5 Å². The first-order valence-corrected chi connectivity index (χ1v) is 19.2. The van der Waals surface area contributed by atoms with Crippen molar-refractivity contribution in [3.8, 4) is 11.5 Å². The first-order chi connectivity index (χ1) is 26.1. The largest absolute Gasteiger partial charge is 0.482 e. The maximum Gasteiger partial charge on any atom is 0.307 e. The minimum absolute atomic E-state index is 0.0953. The molecule has 1 aliphatic carbocycles. The number of benzene rings is 3. The summed E-state index contributed by atoms with van der Waals surface area (Å²) in [6.07, 6.45) is 7.01. The van der Waals surface area contributed by atoms with Gasteiger partial charge < -0.3 is 34.4 Å². The summed E-state index contributed by atoms with van der Waals surface area (Å²) >= 11 is 14.4. The fourth-order valence-electron chi connectivity index (χ4n) is 8.44. The average Bonchev–Trinajstić information content (AvgIpc) is 3.83. The summed E-state index contributed by atoms with van der Waals surface area (Å²) in [6.45, 7) is 4.37. The molecule has 0 saturated carbocycles. The molecular formula is C41H42Cl2N4O7. The lowest BCUT2D eigenvalue weighted by Crippen LogP contribution is -2.44. The molecule has 0 aromatic heterocycles. The number of ether oxygens (including phenoxy) is 2. The molecule has 2 amide bonds. The number of aliphatic hydroxyl groups is 1. The maximum absolute atomic E-state index is 13.2. The molecule has 0 radical (unpaired) electrons. The van der Waals surface area contributed by atoms with E-state index >= 15 is 0 Å². The van der Waals surface area contributed by atoms with Gasteiger partial charge in [-0.3, -0.25) is 19.3 Å². The minimum Gasteiger partial charge on any atom is -0.482 e. The lowest BCUT2D eigenvalue weighted by Gasteiger charge is -2.41. The van der Waals surface area contributed by atoms with Crippen LogP contribution in [0.2, 0.25) is 5.02 Å². The number of carboxylic acid groups (broad SMARTS) is 1. The third-order valence-corrected chi connectivity index (χ3v) is 12.3. The highest BCUT2D eigenvalue weighted by molar-refractivity contribution is 6.34. The number of fused-ring (bicyclic) bond motifs is 2. The predicted octanol–water partition coefficient (Wildman–Crippen LogP) is 4.81.